The van der Waals surface area contributed by atoms with Crippen molar-refractivity contribution in [3.8, 4) is 33.4 Å². The normalized spacial score (nSPS) is 12.9. The molecule has 9 aromatic carbocycles. The predicted octanol–water partition coefficient (Wildman–Crippen LogP) is 14.9. The van der Waals surface area contributed by atoms with E-state index in [1.54, 1.807) is 0 Å². The van der Waals surface area contributed by atoms with Crippen molar-refractivity contribution in [1.82, 2.24) is 0 Å². The van der Waals surface area contributed by atoms with Crippen LogP contribution in [0.2, 0.25) is 0 Å². The lowest BCUT2D eigenvalue weighted by molar-refractivity contribution is 0.638. The topological polar surface area (TPSA) is 16.4 Å². The van der Waals surface area contributed by atoms with Crippen LogP contribution in [0, 0.1) is 0 Å². The molecule has 0 saturated heterocycles. The van der Waals surface area contributed by atoms with Crippen LogP contribution in [0.15, 0.2) is 211 Å². The van der Waals surface area contributed by atoms with Gasteiger partial charge in [-0.05, 0) is 105 Å². The van der Waals surface area contributed by atoms with Gasteiger partial charge in [-0.1, -0.05) is 164 Å². The summed E-state index contributed by atoms with van der Waals surface area (Å²) in [6.45, 7) is 2.35. The van der Waals surface area contributed by atoms with Crippen LogP contribution in [0.3, 0.4) is 0 Å². The Morgan fingerprint density at radius 1 is 0.375 bits per heavy atom. The molecule has 0 spiro atoms. The molecule has 2 nitrogen and oxygen atoms in total. The number of para-hydroxylation sites is 1. The van der Waals surface area contributed by atoms with E-state index < -0.39 is 0 Å². The average Bonchev–Trinajstić information content (AvgIpc) is 3.77. The fourth-order valence-electron chi connectivity index (χ4n) is 9.21. The SMILES string of the molecule is CC1(c2cccc3c2oc2ccc(N(c4ccc(-c5ccccc5)cc4)c4ccc(-c5cccc6ccccc56)cc4)cc23)c2ccccc2-c2ccccc21. The molecule has 2 heteroatoms. The van der Waals surface area contributed by atoms with Gasteiger partial charge in [0.15, 0.2) is 0 Å². The van der Waals surface area contributed by atoms with Crippen molar-refractivity contribution in [2.24, 2.45) is 0 Å². The standard InChI is InChI=1S/C54H37NO/c1-54(49-22-9-7-18-45(49)46-19-8-10-23-50(46)54)51-24-12-21-47-48-35-42(33-34-52(48)56-53(47)51)55(40-29-25-37(26-30-40)36-13-3-2-4-14-36)41-31-27-39(28-32-41)44-20-11-16-38-15-5-6-17-43(38)44/h2-35H,1H3. The van der Waals surface area contributed by atoms with Gasteiger partial charge in [0.25, 0.3) is 0 Å². The summed E-state index contributed by atoms with van der Waals surface area (Å²) in [7, 11) is 0. The molecule has 11 rings (SSSR count). The van der Waals surface area contributed by atoms with Gasteiger partial charge in [-0.15, -0.1) is 0 Å². The van der Waals surface area contributed by atoms with Crippen LogP contribution in [0.4, 0.5) is 17.1 Å². The van der Waals surface area contributed by atoms with Gasteiger partial charge in [0.05, 0.1) is 0 Å². The molecule has 56 heavy (non-hydrogen) atoms. The fraction of sp³-hybridized carbons (Fsp3) is 0.0370. The van der Waals surface area contributed by atoms with E-state index in [2.05, 4.69) is 218 Å². The summed E-state index contributed by atoms with van der Waals surface area (Å²) in [6, 6.07) is 74.5. The number of rotatable bonds is 6. The number of hydrogen-bond donors (Lipinski definition) is 0. The molecule has 264 valence electrons. The lowest BCUT2D eigenvalue weighted by atomic mass is 9.74. The predicted molar refractivity (Wildman–Crippen MR) is 234 cm³/mol. The lowest BCUT2D eigenvalue weighted by Crippen LogP contribution is -2.22. The number of furan rings is 1. The molecule has 0 N–H and O–H groups in total. The highest BCUT2D eigenvalue weighted by Gasteiger charge is 2.42. The highest BCUT2D eigenvalue weighted by Crippen LogP contribution is 2.54. The molecule has 0 amide bonds. The van der Waals surface area contributed by atoms with Crippen LogP contribution in [0.25, 0.3) is 66.1 Å². The fourth-order valence-corrected chi connectivity index (χ4v) is 9.21. The molecular formula is C54H37NO. The van der Waals surface area contributed by atoms with Gasteiger partial charge in [-0.2, -0.15) is 0 Å². The molecule has 10 aromatic rings. The van der Waals surface area contributed by atoms with E-state index in [1.165, 1.54) is 60.8 Å². The van der Waals surface area contributed by atoms with E-state index in [0.29, 0.717) is 0 Å². The van der Waals surface area contributed by atoms with E-state index >= 15 is 0 Å². The minimum atomic E-state index is -0.359. The smallest absolute Gasteiger partial charge is 0.139 e. The minimum Gasteiger partial charge on any atom is -0.456 e. The summed E-state index contributed by atoms with van der Waals surface area (Å²) in [4.78, 5) is 2.36. The lowest BCUT2D eigenvalue weighted by Gasteiger charge is -2.28. The second-order valence-corrected chi connectivity index (χ2v) is 15.0. The first-order valence-electron chi connectivity index (χ1n) is 19.3. The maximum Gasteiger partial charge on any atom is 0.139 e. The molecule has 0 bridgehead atoms. The monoisotopic (exact) mass is 715 g/mol. The van der Waals surface area contributed by atoms with Crippen LogP contribution in [0.5, 0.6) is 0 Å². The van der Waals surface area contributed by atoms with Gasteiger partial charge in [-0.25, -0.2) is 0 Å². The number of fused-ring (bicyclic) bond motifs is 7. The Labute approximate surface area is 326 Å². The largest absolute Gasteiger partial charge is 0.456 e. The average molecular weight is 716 g/mol. The van der Waals surface area contributed by atoms with Gasteiger partial charge < -0.3 is 9.32 Å². The van der Waals surface area contributed by atoms with Crippen molar-refractivity contribution in [2.75, 3.05) is 4.90 Å². The summed E-state index contributed by atoms with van der Waals surface area (Å²) >= 11 is 0. The molecule has 0 atom stereocenters. The third-order valence-corrected chi connectivity index (χ3v) is 12.0. The molecule has 1 aromatic heterocycles. The number of anilines is 3. The Kier molecular flexibility index (Phi) is 7.33. The molecule has 0 radical (unpaired) electrons. The van der Waals surface area contributed by atoms with Crippen molar-refractivity contribution in [2.45, 2.75) is 12.3 Å². The zero-order valence-electron chi connectivity index (χ0n) is 31.0. The van der Waals surface area contributed by atoms with E-state index in [9.17, 15) is 0 Å². The zero-order valence-corrected chi connectivity index (χ0v) is 31.0. The second kappa shape index (κ2) is 12.7. The summed E-state index contributed by atoms with van der Waals surface area (Å²) in [6.07, 6.45) is 0. The van der Waals surface area contributed by atoms with Crippen molar-refractivity contribution >= 4 is 49.8 Å². The van der Waals surface area contributed by atoms with Crippen molar-refractivity contribution in [3.05, 3.63) is 223 Å². The molecule has 0 unspecified atom stereocenters. The highest BCUT2D eigenvalue weighted by atomic mass is 16.3. The maximum atomic E-state index is 6.88. The van der Waals surface area contributed by atoms with Crippen LogP contribution in [-0.4, -0.2) is 0 Å². The Bertz CT molecular complexity index is 3030. The molecule has 0 fully saturated rings. The molecular weight excluding hydrogens is 679 g/mol. The summed E-state index contributed by atoms with van der Waals surface area (Å²) in [5, 5.41) is 4.72. The third-order valence-electron chi connectivity index (χ3n) is 12.0. The Balaban J connectivity index is 1.06. The number of benzene rings is 9. The molecule has 1 aliphatic rings. The molecule has 0 saturated carbocycles. The van der Waals surface area contributed by atoms with Gasteiger partial charge in [0.1, 0.15) is 11.2 Å². The number of nitrogens with zero attached hydrogens (tertiary/aromatic N) is 1. The van der Waals surface area contributed by atoms with Gasteiger partial charge >= 0.3 is 0 Å². The van der Waals surface area contributed by atoms with Gasteiger partial charge in [-0.3, -0.25) is 0 Å². The van der Waals surface area contributed by atoms with Crippen LogP contribution < -0.4 is 4.90 Å². The van der Waals surface area contributed by atoms with Crippen molar-refractivity contribution in [3.63, 3.8) is 0 Å². The van der Waals surface area contributed by atoms with Crippen molar-refractivity contribution in [1.29, 1.82) is 0 Å². The summed E-state index contributed by atoms with van der Waals surface area (Å²) in [5.41, 5.74) is 15.9. The Hall–Kier alpha value is -7.16. The van der Waals surface area contributed by atoms with Gasteiger partial charge in [0, 0.05) is 38.8 Å². The van der Waals surface area contributed by atoms with Gasteiger partial charge in [0.2, 0.25) is 0 Å². The Morgan fingerprint density at radius 3 is 1.62 bits per heavy atom. The Morgan fingerprint density at radius 2 is 0.893 bits per heavy atom. The van der Waals surface area contributed by atoms with E-state index in [-0.39, 0.29) is 5.41 Å². The molecule has 0 aliphatic heterocycles. The van der Waals surface area contributed by atoms with E-state index in [0.717, 1.165) is 39.0 Å². The van der Waals surface area contributed by atoms with Crippen molar-refractivity contribution < 1.29 is 4.42 Å². The van der Waals surface area contributed by atoms with Crippen LogP contribution in [-0.2, 0) is 5.41 Å². The number of hydrogen-bond acceptors (Lipinski definition) is 2. The molecule has 1 heterocycles. The van der Waals surface area contributed by atoms with Crippen LogP contribution >= 0.6 is 0 Å². The highest BCUT2D eigenvalue weighted by molar-refractivity contribution is 6.08. The summed E-state index contributed by atoms with van der Waals surface area (Å²) < 4.78 is 6.88. The first-order valence-corrected chi connectivity index (χ1v) is 19.3. The molecule has 1 aliphatic carbocycles. The zero-order chi connectivity index (χ0) is 37.2. The first kappa shape index (κ1) is 32.3. The third kappa shape index (κ3) is 4.96. The quantitative estimate of drug-likeness (QED) is 0.170. The van der Waals surface area contributed by atoms with E-state index in [1.807, 2.05) is 0 Å². The summed E-state index contributed by atoms with van der Waals surface area (Å²) in [5.74, 6) is 0. The van der Waals surface area contributed by atoms with E-state index in [4.69, 9.17) is 4.42 Å². The van der Waals surface area contributed by atoms with Crippen LogP contribution in [0.1, 0.15) is 23.6 Å². The second-order valence-electron chi connectivity index (χ2n) is 15.0. The maximum absolute atomic E-state index is 6.88. The first-order chi connectivity index (χ1) is 27.6. The minimum absolute atomic E-state index is 0.359.